The molecule has 82 valence electrons. The van der Waals surface area contributed by atoms with Crippen molar-refractivity contribution in [3.8, 4) is 0 Å². The van der Waals surface area contributed by atoms with E-state index < -0.39 is 17.2 Å². The van der Waals surface area contributed by atoms with Crippen molar-refractivity contribution in [3.05, 3.63) is 39.9 Å². The van der Waals surface area contributed by atoms with Crippen LogP contribution in [0.15, 0.2) is 16.9 Å². The molecule has 0 unspecified atom stereocenters. The molecule has 16 heavy (non-hydrogen) atoms. The van der Waals surface area contributed by atoms with E-state index in [4.69, 9.17) is 0 Å². The fourth-order valence-electron chi connectivity index (χ4n) is 1.73. The summed E-state index contributed by atoms with van der Waals surface area (Å²) in [5.41, 5.74) is -0.530. The van der Waals surface area contributed by atoms with E-state index in [1.54, 1.807) is 0 Å². The zero-order valence-corrected chi connectivity index (χ0v) is 8.26. The van der Waals surface area contributed by atoms with E-state index in [0.29, 0.717) is 5.82 Å². The fourth-order valence-corrected chi connectivity index (χ4v) is 1.73. The third-order valence-electron chi connectivity index (χ3n) is 2.71. The van der Waals surface area contributed by atoms with Crippen molar-refractivity contribution in [2.45, 2.75) is 18.8 Å². The van der Waals surface area contributed by atoms with E-state index in [0.717, 1.165) is 25.0 Å². The second kappa shape index (κ2) is 3.10. The zero-order valence-electron chi connectivity index (χ0n) is 8.26. The molecule has 1 heterocycles. The van der Waals surface area contributed by atoms with Crippen LogP contribution in [0.1, 0.15) is 24.6 Å². The lowest BCUT2D eigenvalue weighted by atomic mass is 10.2. The van der Waals surface area contributed by atoms with Gasteiger partial charge in [-0.2, -0.15) is 0 Å². The van der Waals surface area contributed by atoms with Gasteiger partial charge < -0.3 is 4.98 Å². The molecule has 1 fully saturated rings. The number of H-pyrrole nitrogens is 1. The van der Waals surface area contributed by atoms with Crippen molar-refractivity contribution in [3.63, 3.8) is 0 Å². The summed E-state index contributed by atoms with van der Waals surface area (Å²) in [6, 6.07) is 1.74. The first-order valence-corrected chi connectivity index (χ1v) is 5.04. The fraction of sp³-hybridized carbons (Fsp3) is 0.273. The van der Waals surface area contributed by atoms with E-state index in [9.17, 15) is 13.6 Å². The largest absolute Gasteiger partial charge is 0.310 e. The monoisotopic (exact) mass is 222 g/mol. The summed E-state index contributed by atoms with van der Waals surface area (Å²) >= 11 is 0. The van der Waals surface area contributed by atoms with Crippen LogP contribution in [0.5, 0.6) is 0 Å². The van der Waals surface area contributed by atoms with Crippen LogP contribution in [0, 0.1) is 11.6 Å². The number of hydrogen-bond donors (Lipinski definition) is 1. The standard InChI is InChI=1S/C11H8F2N2O/c12-6-3-7-9(8(13)4-6)14-10(5-1-2-5)15-11(7)16/h3-5H,1-2H2,(H,14,15,16). The maximum Gasteiger partial charge on any atom is 0.258 e. The van der Waals surface area contributed by atoms with Crippen molar-refractivity contribution in [1.82, 2.24) is 9.97 Å². The van der Waals surface area contributed by atoms with Gasteiger partial charge in [0.25, 0.3) is 5.56 Å². The van der Waals surface area contributed by atoms with Crippen LogP contribution >= 0.6 is 0 Å². The number of benzene rings is 1. The highest BCUT2D eigenvalue weighted by Crippen LogP contribution is 2.37. The van der Waals surface area contributed by atoms with Crippen molar-refractivity contribution in [2.75, 3.05) is 0 Å². The maximum atomic E-state index is 13.4. The maximum absolute atomic E-state index is 13.4. The number of fused-ring (bicyclic) bond motifs is 1. The smallest absolute Gasteiger partial charge is 0.258 e. The van der Waals surface area contributed by atoms with Gasteiger partial charge in [-0.05, 0) is 18.9 Å². The number of hydrogen-bond acceptors (Lipinski definition) is 2. The van der Waals surface area contributed by atoms with Gasteiger partial charge in [0, 0.05) is 12.0 Å². The molecule has 1 aromatic carbocycles. The van der Waals surface area contributed by atoms with E-state index in [1.165, 1.54) is 0 Å². The van der Waals surface area contributed by atoms with Crippen LogP contribution in [0.25, 0.3) is 10.9 Å². The predicted molar refractivity (Wildman–Crippen MR) is 54.3 cm³/mol. The Balaban J connectivity index is 2.37. The van der Waals surface area contributed by atoms with Gasteiger partial charge in [-0.15, -0.1) is 0 Å². The Morgan fingerprint density at radius 1 is 1.31 bits per heavy atom. The van der Waals surface area contributed by atoms with Crippen LogP contribution in [-0.2, 0) is 0 Å². The molecule has 1 saturated carbocycles. The molecule has 0 saturated heterocycles. The molecule has 0 spiro atoms. The van der Waals surface area contributed by atoms with Gasteiger partial charge in [0.1, 0.15) is 17.2 Å². The second-order valence-electron chi connectivity index (χ2n) is 4.01. The molecule has 5 heteroatoms. The lowest BCUT2D eigenvalue weighted by molar-refractivity contribution is 0.589. The van der Waals surface area contributed by atoms with Crippen LogP contribution in [-0.4, -0.2) is 9.97 Å². The summed E-state index contributed by atoms with van der Waals surface area (Å²) in [6.07, 6.45) is 1.91. The predicted octanol–water partition coefficient (Wildman–Crippen LogP) is 2.08. The number of halogens is 2. The number of nitrogens with one attached hydrogen (secondary N) is 1. The van der Waals surface area contributed by atoms with Crippen LogP contribution in [0.3, 0.4) is 0 Å². The quantitative estimate of drug-likeness (QED) is 0.802. The van der Waals surface area contributed by atoms with Crippen molar-refractivity contribution in [1.29, 1.82) is 0 Å². The first-order chi connectivity index (χ1) is 7.65. The first-order valence-electron chi connectivity index (χ1n) is 5.04. The Morgan fingerprint density at radius 2 is 2.06 bits per heavy atom. The average Bonchev–Trinajstić information content (AvgIpc) is 3.02. The van der Waals surface area contributed by atoms with Crippen molar-refractivity contribution in [2.24, 2.45) is 0 Å². The molecule has 2 aromatic rings. The first kappa shape index (κ1) is 9.45. The molecule has 0 amide bonds. The molecule has 0 bridgehead atoms. The Kier molecular flexibility index (Phi) is 1.83. The lowest BCUT2D eigenvalue weighted by Crippen LogP contribution is -2.12. The topological polar surface area (TPSA) is 45.8 Å². The van der Waals surface area contributed by atoms with Crippen LogP contribution in [0.2, 0.25) is 0 Å². The van der Waals surface area contributed by atoms with Gasteiger partial charge in [0.15, 0.2) is 5.82 Å². The van der Waals surface area contributed by atoms with E-state index in [-0.39, 0.29) is 16.8 Å². The van der Waals surface area contributed by atoms with E-state index in [2.05, 4.69) is 9.97 Å². The van der Waals surface area contributed by atoms with Gasteiger partial charge in [-0.3, -0.25) is 4.79 Å². The van der Waals surface area contributed by atoms with Crippen LogP contribution in [0.4, 0.5) is 8.78 Å². The highest BCUT2D eigenvalue weighted by Gasteiger charge is 2.27. The highest BCUT2D eigenvalue weighted by molar-refractivity contribution is 5.78. The van der Waals surface area contributed by atoms with E-state index in [1.807, 2.05) is 0 Å². The summed E-state index contributed by atoms with van der Waals surface area (Å²) in [4.78, 5) is 18.2. The molecule has 3 rings (SSSR count). The van der Waals surface area contributed by atoms with Crippen molar-refractivity contribution >= 4 is 10.9 Å². The number of aromatic amines is 1. The molecule has 1 aliphatic carbocycles. The van der Waals surface area contributed by atoms with E-state index >= 15 is 0 Å². The second-order valence-corrected chi connectivity index (χ2v) is 4.01. The molecule has 0 aliphatic heterocycles. The van der Waals surface area contributed by atoms with Gasteiger partial charge in [-0.1, -0.05) is 0 Å². The molecule has 0 atom stereocenters. The third-order valence-corrected chi connectivity index (χ3v) is 2.71. The van der Waals surface area contributed by atoms with Gasteiger partial charge in [0.05, 0.1) is 5.39 Å². The van der Waals surface area contributed by atoms with Gasteiger partial charge in [0.2, 0.25) is 0 Å². The molecule has 0 radical (unpaired) electrons. The molecular weight excluding hydrogens is 214 g/mol. The Morgan fingerprint density at radius 3 is 2.75 bits per heavy atom. The Labute approximate surface area is 89.1 Å². The molecule has 1 N–H and O–H groups in total. The molecule has 1 aliphatic rings. The SMILES string of the molecule is O=c1[nH]c(C2CC2)nc2c(F)cc(F)cc12. The molecular formula is C11H8F2N2O. The minimum Gasteiger partial charge on any atom is -0.310 e. The van der Waals surface area contributed by atoms with Crippen molar-refractivity contribution < 1.29 is 8.78 Å². The molecule has 1 aromatic heterocycles. The number of aromatic nitrogens is 2. The number of nitrogens with zero attached hydrogens (tertiary/aromatic N) is 1. The summed E-state index contributed by atoms with van der Waals surface area (Å²) in [7, 11) is 0. The normalized spacial score (nSPS) is 15.6. The highest BCUT2D eigenvalue weighted by atomic mass is 19.1. The van der Waals surface area contributed by atoms with Gasteiger partial charge in [-0.25, -0.2) is 13.8 Å². The third kappa shape index (κ3) is 1.39. The zero-order chi connectivity index (χ0) is 11.3. The van der Waals surface area contributed by atoms with Crippen LogP contribution < -0.4 is 5.56 Å². The molecule has 3 nitrogen and oxygen atoms in total. The minimum absolute atomic E-state index is 0.0399. The summed E-state index contributed by atoms with van der Waals surface area (Å²) in [6.45, 7) is 0. The summed E-state index contributed by atoms with van der Waals surface area (Å²) < 4.78 is 26.4. The Bertz CT molecular complexity index is 632. The average molecular weight is 222 g/mol. The summed E-state index contributed by atoms with van der Waals surface area (Å²) in [5.74, 6) is -0.830. The Hall–Kier alpha value is -1.78. The van der Waals surface area contributed by atoms with Gasteiger partial charge >= 0.3 is 0 Å². The number of rotatable bonds is 1. The minimum atomic E-state index is -0.789. The lowest BCUT2D eigenvalue weighted by Gasteiger charge is -2.02. The summed E-state index contributed by atoms with van der Waals surface area (Å²) in [5, 5.41) is -0.0399.